The Kier molecular flexibility index (Phi) is 5.24. The van der Waals surface area contributed by atoms with E-state index in [4.69, 9.17) is 0 Å². The molecule has 2 heterocycles. The number of anilines is 1. The molecule has 1 N–H and O–H groups in total. The summed E-state index contributed by atoms with van der Waals surface area (Å²) in [4.78, 5) is 19.5. The molecule has 5 heteroatoms. The number of likely N-dealkylation sites (tertiary alicyclic amines) is 1. The van der Waals surface area contributed by atoms with E-state index in [2.05, 4.69) is 10.3 Å². The Labute approximate surface area is 164 Å². The lowest BCUT2D eigenvalue weighted by atomic mass is 10.0. The fourth-order valence-corrected chi connectivity index (χ4v) is 3.79. The largest absolute Gasteiger partial charge is 0.377 e. The highest BCUT2D eigenvalue weighted by Crippen LogP contribution is 2.31. The summed E-state index contributed by atoms with van der Waals surface area (Å²) in [5.41, 5.74) is 2.92. The first-order valence-electron chi connectivity index (χ1n) is 9.82. The summed E-state index contributed by atoms with van der Waals surface area (Å²) in [5.74, 6) is -0.381. The van der Waals surface area contributed by atoms with Gasteiger partial charge >= 0.3 is 0 Å². The summed E-state index contributed by atoms with van der Waals surface area (Å²) in [6.07, 6.45) is 4.81. The standard InChI is InChI=1S/C23H24FN3O/c1-16(17-8-4-2-5-9-17)26-22-19-14-18(24)10-11-21(19)25-15-20(22)23(28)27-12-6-3-7-13-27/h2,4-5,8-11,14-16H,3,6-7,12-13H2,1H3,(H,25,26)/t16-/m0/s1. The van der Waals surface area contributed by atoms with Crippen molar-refractivity contribution in [1.82, 2.24) is 9.88 Å². The SMILES string of the molecule is C[C@H](Nc1c(C(=O)N2CCCCC2)cnc2ccc(F)cc12)c1ccccc1. The van der Waals surface area contributed by atoms with Crippen molar-refractivity contribution in [3.8, 4) is 0 Å². The minimum absolute atomic E-state index is 0.0389. The summed E-state index contributed by atoms with van der Waals surface area (Å²) in [7, 11) is 0. The first-order chi connectivity index (χ1) is 13.6. The quantitative estimate of drug-likeness (QED) is 0.682. The molecule has 144 valence electrons. The Hall–Kier alpha value is -2.95. The fourth-order valence-electron chi connectivity index (χ4n) is 3.79. The van der Waals surface area contributed by atoms with Gasteiger partial charge in [-0.2, -0.15) is 0 Å². The molecule has 1 aliphatic rings. The number of rotatable bonds is 4. The lowest BCUT2D eigenvalue weighted by molar-refractivity contribution is 0.0725. The fraction of sp³-hybridized carbons (Fsp3) is 0.304. The number of pyridine rings is 1. The van der Waals surface area contributed by atoms with Crippen molar-refractivity contribution in [2.45, 2.75) is 32.2 Å². The Morgan fingerprint density at radius 2 is 1.86 bits per heavy atom. The van der Waals surface area contributed by atoms with Crippen molar-refractivity contribution >= 4 is 22.5 Å². The van der Waals surface area contributed by atoms with Crippen molar-refractivity contribution in [3.05, 3.63) is 71.7 Å². The van der Waals surface area contributed by atoms with Gasteiger partial charge in [0.15, 0.2) is 0 Å². The zero-order valence-corrected chi connectivity index (χ0v) is 16.0. The minimum Gasteiger partial charge on any atom is -0.377 e. The van der Waals surface area contributed by atoms with Crippen LogP contribution in [0.5, 0.6) is 0 Å². The summed E-state index contributed by atoms with van der Waals surface area (Å²) < 4.78 is 14.0. The van der Waals surface area contributed by atoms with Gasteiger partial charge in [0.05, 0.1) is 16.8 Å². The smallest absolute Gasteiger partial charge is 0.257 e. The van der Waals surface area contributed by atoms with Crippen LogP contribution in [0.3, 0.4) is 0 Å². The van der Waals surface area contributed by atoms with Crippen LogP contribution in [0.1, 0.15) is 48.1 Å². The molecule has 1 aromatic heterocycles. The highest BCUT2D eigenvalue weighted by atomic mass is 19.1. The zero-order chi connectivity index (χ0) is 19.5. The van der Waals surface area contributed by atoms with Crippen molar-refractivity contribution in [2.75, 3.05) is 18.4 Å². The molecule has 1 aliphatic heterocycles. The summed E-state index contributed by atoms with van der Waals surface area (Å²) in [5, 5.41) is 4.09. The van der Waals surface area contributed by atoms with Crippen LogP contribution in [0.25, 0.3) is 10.9 Å². The Morgan fingerprint density at radius 3 is 2.61 bits per heavy atom. The van der Waals surface area contributed by atoms with Crippen LogP contribution in [-0.4, -0.2) is 28.9 Å². The van der Waals surface area contributed by atoms with Crippen molar-refractivity contribution in [1.29, 1.82) is 0 Å². The van der Waals surface area contributed by atoms with Crippen LogP contribution in [0.4, 0.5) is 10.1 Å². The highest BCUT2D eigenvalue weighted by Gasteiger charge is 2.23. The van der Waals surface area contributed by atoms with Gasteiger partial charge in [0.1, 0.15) is 5.82 Å². The van der Waals surface area contributed by atoms with Crippen LogP contribution in [0, 0.1) is 5.82 Å². The summed E-state index contributed by atoms with van der Waals surface area (Å²) >= 11 is 0. The zero-order valence-electron chi connectivity index (χ0n) is 16.0. The third-order valence-electron chi connectivity index (χ3n) is 5.36. The van der Waals surface area contributed by atoms with E-state index in [1.807, 2.05) is 42.2 Å². The second-order valence-electron chi connectivity index (χ2n) is 7.34. The number of nitrogens with zero attached hydrogens (tertiary/aromatic N) is 2. The maximum atomic E-state index is 14.0. The van der Waals surface area contributed by atoms with Crippen LogP contribution in [-0.2, 0) is 0 Å². The summed E-state index contributed by atoms with van der Waals surface area (Å²) in [6, 6.07) is 14.5. The Bertz CT molecular complexity index is 984. The third-order valence-corrected chi connectivity index (χ3v) is 5.36. The number of hydrogen-bond donors (Lipinski definition) is 1. The van der Waals surface area contributed by atoms with Gasteiger partial charge in [-0.05, 0) is 49.9 Å². The average molecular weight is 377 g/mol. The first kappa shape index (κ1) is 18.4. The van der Waals surface area contributed by atoms with Gasteiger partial charge in [-0.3, -0.25) is 9.78 Å². The van der Waals surface area contributed by atoms with Gasteiger partial charge in [-0.15, -0.1) is 0 Å². The topological polar surface area (TPSA) is 45.2 Å². The molecule has 0 aliphatic carbocycles. The van der Waals surface area contributed by atoms with Crippen molar-refractivity contribution in [3.63, 3.8) is 0 Å². The second-order valence-corrected chi connectivity index (χ2v) is 7.34. The van der Waals surface area contributed by atoms with Gasteiger partial charge in [-0.1, -0.05) is 30.3 Å². The van der Waals surface area contributed by atoms with Crippen LogP contribution in [0.15, 0.2) is 54.7 Å². The molecule has 0 radical (unpaired) electrons. The van der Waals surface area contributed by atoms with E-state index in [0.717, 1.165) is 37.9 Å². The summed E-state index contributed by atoms with van der Waals surface area (Å²) in [6.45, 7) is 3.55. The number of nitrogens with one attached hydrogen (secondary N) is 1. The molecule has 28 heavy (non-hydrogen) atoms. The number of hydrogen-bond acceptors (Lipinski definition) is 3. The molecular weight excluding hydrogens is 353 g/mol. The number of halogens is 1. The molecule has 1 fully saturated rings. The lowest BCUT2D eigenvalue weighted by Crippen LogP contribution is -2.36. The number of piperidine rings is 1. The van der Waals surface area contributed by atoms with Gasteiger partial charge < -0.3 is 10.2 Å². The number of aromatic nitrogens is 1. The van der Waals surface area contributed by atoms with Crippen molar-refractivity contribution in [2.24, 2.45) is 0 Å². The van der Waals surface area contributed by atoms with E-state index in [9.17, 15) is 9.18 Å². The van der Waals surface area contributed by atoms with Gasteiger partial charge in [0.2, 0.25) is 0 Å². The minimum atomic E-state index is -0.340. The molecule has 0 spiro atoms. The molecule has 4 rings (SSSR count). The molecule has 3 aromatic rings. The van der Waals surface area contributed by atoms with Gasteiger partial charge in [0, 0.05) is 30.7 Å². The molecule has 0 saturated carbocycles. The van der Waals surface area contributed by atoms with Crippen LogP contribution >= 0.6 is 0 Å². The van der Waals surface area contributed by atoms with Gasteiger partial charge in [0.25, 0.3) is 5.91 Å². The van der Waals surface area contributed by atoms with Crippen LogP contribution in [0.2, 0.25) is 0 Å². The number of amides is 1. The van der Waals surface area contributed by atoms with E-state index < -0.39 is 0 Å². The molecule has 1 amide bonds. The predicted molar refractivity (Wildman–Crippen MR) is 110 cm³/mol. The first-order valence-corrected chi connectivity index (χ1v) is 9.82. The molecule has 1 atom stereocenters. The molecule has 0 unspecified atom stereocenters. The predicted octanol–water partition coefficient (Wildman–Crippen LogP) is 5.17. The number of fused-ring (bicyclic) bond motifs is 1. The lowest BCUT2D eigenvalue weighted by Gasteiger charge is -2.28. The van der Waals surface area contributed by atoms with Gasteiger partial charge in [-0.25, -0.2) is 4.39 Å². The van der Waals surface area contributed by atoms with E-state index in [1.54, 1.807) is 12.3 Å². The van der Waals surface area contributed by atoms with E-state index in [0.29, 0.717) is 22.2 Å². The molecular formula is C23H24FN3O. The highest BCUT2D eigenvalue weighted by molar-refractivity contribution is 6.07. The average Bonchev–Trinajstić information content (AvgIpc) is 2.75. The monoisotopic (exact) mass is 377 g/mol. The van der Waals surface area contributed by atoms with E-state index >= 15 is 0 Å². The van der Waals surface area contributed by atoms with Crippen LogP contribution < -0.4 is 5.32 Å². The second kappa shape index (κ2) is 7.97. The van der Waals surface area contributed by atoms with E-state index in [-0.39, 0.29) is 17.8 Å². The number of benzene rings is 2. The maximum absolute atomic E-state index is 14.0. The number of carbonyl (C=O) groups excluding carboxylic acids is 1. The van der Waals surface area contributed by atoms with E-state index in [1.165, 1.54) is 12.1 Å². The molecule has 1 saturated heterocycles. The Balaban J connectivity index is 1.78. The molecule has 4 nitrogen and oxygen atoms in total. The number of carbonyl (C=O) groups is 1. The molecule has 2 aromatic carbocycles. The third kappa shape index (κ3) is 3.70. The Morgan fingerprint density at radius 1 is 1.11 bits per heavy atom. The maximum Gasteiger partial charge on any atom is 0.257 e. The molecule has 0 bridgehead atoms. The van der Waals surface area contributed by atoms with Crippen molar-refractivity contribution < 1.29 is 9.18 Å². The normalized spacial score (nSPS) is 15.4.